The molecule has 2 heterocycles. The molecule has 0 amide bonds. The molecule has 5 heteroatoms. The molecule has 0 bridgehead atoms. The highest BCUT2D eigenvalue weighted by Crippen LogP contribution is 2.34. The zero-order chi connectivity index (χ0) is 13.1. The van der Waals surface area contributed by atoms with Crippen LogP contribution in [0.5, 0.6) is 11.5 Å². The van der Waals surface area contributed by atoms with Crippen molar-refractivity contribution in [1.82, 2.24) is 0 Å². The van der Waals surface area contributed by atoms with E-state index in [2.05, 4.69) is 0 Å². The number of hydrogen-bond acceptors (Lipinski definition) is 5. The minimum absolute atomic E-state index is 0.136. The van der Waals surface area contributed by atoms with Crippen LogP contribution in [0.2, 0.25) is 0 Å². The maximum Gasteiger partial charge on any atom is 0.161 e. The molecule has 2 atom stereocenters. The Kier molecular flexibility index (Phi) is 4.15. The average molecular weight is 282 g/mol. The monoisotopic (exact) mass is 282 g/mol. The summed E-state index contributed by atoms with van der Waals surface area (Å²) in [7, 11) is 0. The quantitative estimate of drug-likeness (QED) is 0.899. The van der Waals surface area contributed by atoms with Crippen molar-refractivity contribution < 1.29 is 19.3 Å². The summed E-state index contributed by atoms with van der Waals surface area (Å²) < 4.78 is 16.9. The van der Waals surface area contributed by atoms with E-state index in [1.165, 1.54) is 0 Å². The topological polar surface area (TPSA) is 47.9 Å². The highest BCUT2D eigenvalue weighted by molar-refractivity contribution is 7.99. The summed E-state index contributed by atoms with van der Waals surface area (Å²) >= 11 is 1.82. The van der Waals surface area contributed by atoms with Crippen LogP contribution in [0.25, 0.3) is 0 Å². The Morgan fingerprint density at radius 3 is 2.79 bits per heavy atom. The minimum atomic E-state index is -0.607. The third-order valence-electron chi connectivity index (χ3n) is 3.31. The lowest BCUT2D eigenvalue weighted by Crippen LogP contribution is -2.29. The Balaban J connectivity index is 1.78. The normalized spacial score (nSPS) is 24.6. The molecule has 1 saturated heterocycles. The Labute approximate surface area is 117 Å². The molecule has 2 aliphatic heterocycles. The van der Waals surface area contributed by atoms with Gasteiger partial charge in [-0.1, -0.05) is 6.07 Å². The van der Waals surface area contributed by atoms with Crippen LogP contribution in [-0.2, 0) is 4.74 Å². The predicted molar refractivity (Wildman–Crippen MR) is 74.1 cm³/mol. The second-order valence-corrected chi connectivity index (χ2v) is 5.84. The van der Waals surface area contributed by atoms with Gasteiger partial charge in [0, 0.05) is 17.9 Å². The van der Waals surface area contributed by atoms with Gasteiger partial charge in [0.1, 0.15) is 6.10 Å². The molecule has 1 N–H and O–H groups in total. The van der Waals surface area contributed by atoms with Crippen molar-refractivity contribution in [1.29, 1.82) is 0 Å². The molecule has 0 radical (unpaired) electrons. The van der Waals surface area contributed by atoms with Crippen molar-refractivity contribution in [3.05, 3.63) is 23.8 Å². The van der Waals surface area contributed by atoms with Crippen LogP contribution in [0.1, 0.15) is 18.1 Å². The molecule has 0 aliphatic carbocycles. The first-order valence-corrected chi connectivity index (χ1v) is 7.77. The van der Waals surface area contributed by atoms with Gasteiger partial charge in [0.15, 0.2) is 11.5 Å². The maximum atomic E-state index is 10.4. The molecule has 0 aromatic heterocycles. The SMILES string of the molecule is OC(c1ccc2c(c1)OCCCO2)C1CSCCO1. The van der Waals surface area contributed by atoms with Crippen LogP contribution in [0.3, 0.4) is 0 Å². The lowest BCUT2D eigenvalue weighted by molar-refractivity contribution is -0.0228. The van der Waals surface area contributed by atoms with Crippen molar-refractivity contribution in [2.75, 3.05) is 31.3 Å². The van der Waals surface area contributed by atoms with Gasteiger partial charge < -0.3 is 19.3 Å². The third-order valence-corrected chi connectivity index (χ3v) is 4.33. The van der Waals surface area contributed by atoms with Gasteiger partial charge in [-0.3, -0.25) is 0 Å². The summed E-state index contributed by atoms with van der Waals surface area (Å²) in [6.45, 7) is 2.04. The molecule has 3 rings (SSSR count). The number of fused-ring (bicyclic) bond motifs is 1. The highest BCUT2D eigenvalue weighted by Gasteiger charge is 2.25. The van der Waals surface area contributed by atoms with E-state index in [4.69, 9.17) is 14.2 Å². The van der Waals surface area contributed by atoms with Gasteiger partial charge in [-0.25, -0.2) is 0 Å². The molecule has 4 nitrogen and oxygen atoms in total. The summed E-state index contributed by atoms with van der Waals surface area (Å²) in [5.41, 5.74) is 0.830. The first-order valence-electron chi connectivity index (χ1n) is 6.61. The Morgan fingerprint density at radius 1 is 1.16 bits per heavy atom. The van der Waals surface area contributed by atoms with Gasteiger partial charge in [0.05, 0.1) is 25.9 Å². The van der Waals surface area contributed by atoms with E-state index >= 15 is 0 Å². The number of aliphatic hydroxyl groups excluding tert-OH is 1. The first-order chi connectivity index (χ1) is 9.34. The number of rotatable bonds is 2. The van der Waals surface area contributed by atoms with E-state index in [1.807, 2.05) is 30.0 Å². The summed E-state index contributed by atoms with van der Waals surface area (Å²) in [4.78, 5) is 0. The van der Waals surface area contributed by atoms with E-state index in [-0.39, 0.29) is 6.10 Å². The fraction of sp³-hybridized carbons (Fsp3) is 0.571. The smallest absolute Gasteiger partial charge is 0.161 e. The van der Waals surface area contributed by atoms with Crippen LogP contribution < -0.4 is 9.47 Å². The van der Waals surface area contributed by atoms with Crippen LogP contribution in [0, 0.1) is 0 Å². The van der Waals surface area contributed by atoms with Crippen molar-refractivity contribution in [3.8, 4) is 11.5 Å². The maximum absolute atomic E-state index is 10.4. The van der Waals surface area contributed by atoms with E-state index < -0.39 is 6.10 Å². The number of thioether (sulfide) groups is 1. The molecular formula is C14H18O4S. The van der Waals surface area contributed by atoms with Gasteiger partial charge in [-0.2, -0.15) is 11.8 Å². The van der Waals surface area contributed by atoms with Gasteiger partial charge in [0.25, 0.3) is 0 Å². The number of ether oxygens (including phenoxy) is 3. The van der Waals surface area contributed by atoms with Crippen molar-refractivity contribution in [2.24, 2.45) is 0 Å². The van der Waals surface area contributed by atoms with Gasteiger partial charge in [-0.15, -0.1) is 0 Å². The number of hydrogen-bond donors (Lipinski definition) is 1. The van der Waals surface area contributed by atoms with Crippen LogP contribution >= 0.6 is 11.8 Å². The second-order valence-electron chi connectivity index (χ2n) is 4.69. The number of benzene rings is 1. The van der Waals surface area contributed by atoms with E-state index in [0.29, 0.717) is 19.8 Å². The van der Waals surface area contributed by atoms with Crippen molar-refractivity contribution >= 4 is 11.8 Å². The van der Waals surface area contributed by atoms with Crippen molar-refractivity contribution in [2.45, 2.75) is 18.6 Å². The molecule has 19 heavy (non-hydrogen) atoms. The molecule has 0 saturated carbocycles. The molecule has 0 spiro atoms. The van der Waals surface area contributed by atoms with Crippen LogP contribution in [-0.4, -0.2) is 42.5 Å². The predicted octanol–water partition coefficient (Wildman–Crippen LogP) is 2.01. The molecule has 2 aliphatic rings. The molecular weight excluding hydrogens is 264 g/mol. The average Bonchev–Trinajstić information content (AvgIpc) is 2.72. The Morgan fingerprint density at radius 2 is 2.00 bits per heavy atom. The van der Waals surface area contributed by atoms with E-state index in [1.54, 1.807) is 0 Å². The summed E-state index contributed by atoms with van der Waals surface area (Å²) in [6, 6.07) is 5.63. The minimum Gasteiger partial charge on any atom is -0.490 e. The lowest BCUT2D eigenvalue weighted by Gasteiger charge is -2.27. The van der Waals surface area contributed by atoms with Gasteiger partial charge >= 0.3 is 0 Å². The summed E-state index contributed by atoms with van der Waals surface area (Å²) in [5.74, 6) is 3.31. The Hall–Kier alpha value is -0.910. The standard InChI is InChI=1S/C14H18O4S/c15-14(13-9-19-7-6-18-13)10-2-3-11-12(8-10)17-5-1-4-16-11/h2-3,8,13-15H,1,4-7,9H2. The summed E-state index contributed by atoms with van der Waals surface area (Å²) in [5, 5.41) is 10.4. The fourth-order valence-electron chi connectivity index (χ4n) is 2.27. The molecule has 104 valence electrons. The largest absolute Gasteiger partial charge is 0.490 e. The van der Waals surface area contributed by atoms with Gasteiger partial charge in [0.2, 0.25) is 0 Å². The molecule has 1 fully saturated rings. The third kappa shape index (κ3) is 2.99. The zero-order valence-corrected chi connectivity index (χ0v) is 11.5. The van der Waals surface area contributed by atoms with Crippen molar-refractivity contribution in [3.63, 3.8) is 0 Å². The first kappa shape index (κ1) is 13.1. The van der Waals surface area contributed by atoms with Gasteiger partial charge in [-0.05, 0) is 17.7 Å². The number of aliphatic hydroxyl groups is 1. The highest BCUT2D eigenvalue weighted by atomic mass is 32.2. The lowest BCUT2D eigenvalue weighted by atomic mass is 10.0. The van der Waals surface area contributed by atoms with E-state index in [9.17, 15) is 5.11 Å². The second kappa shape index (κ2) is 6.03. The molecule has 1 aromatic rings. The van der Waals surface area contributed by atoms with Crippen LogP contribution in [0.15, 0.2) is 18.2 Å². The fourth-order valence-corrected chi connectivity index (χ4v) is 3.16. The summed E-state index contributed by atoms with van der Waals surface area (Å²) in [6.07, 6.45) is 0.142. The Bertz CT molecular complexity index is 431. The van der Waals surface area contributed by atoms with E-state index in [0.717, 1.165) is 35.0 Å². The molecule has 2 unspecified atom stereocenters. The van der Waals surface area contributed by atoms with Crippen LogP contribution in [0.4, 0.5) is 0 Å². The zero-order valence-electron chi connectivity index (χ0n) is 10.7. The molecule has 1 aromatic carbocycles.